The maximum atomic E-state index is 13.3. The van der Waals surface area contributed by atoms with Crippen LogP contribution in [0.3, 0.4) is 0 Å². The first kappa shape index (κ1) is 18.7. The SMILES string of the molecule is COc1ccc([C@H]2C3=C(CC(C)(C)CC3=O)Nc3cc(-c4ccccc4)nn32)cc1. The topological polar surface area (TPSA) is 56.1 Å². The monoisotopic (exact) mass is 399 g/mol. The summed E-state index contributed by atoms with van der Waals surface area (Å²) >= 11 is 0. The fourth-order valence-electron chi connectivity index (χ4n) is 4.57. The van der Waals surface area contributed by atoms with Crippen LogP contribution < -0.4 is 10.1 Å². The number of nitrogens with one attached hydrogen (secondary N) is 1. The molecule has 1 N–H and O–H groups in total. The lowest BCUT2D eigenvalue weighted by Gasteiger charge is -2.38. The van der Waals surface area contributed by atoms with Crippen molar-refractivity contribution in [3.63, 3.8) is 0 Å². The van der Waals surface area contributed by atoms with Gasteiger partial charge in [-0.15, -0.1) is 0 Å². The molecule has 3 aromatic rings. The summed E-state index contributed by atoms with van der Waals surface area (Å²) in [6.07, 6.45) is 1.38. The molecule has 0 bridgehead atoms. The van der Waals surface area contributed by atoms with E-state index in [1.807, 2.05) is 47.1 Å². The van der Waals surface area contributed by atoms with E-state index in [-0.39, 0.29) is 17.2 Å². The van der Waals surface area contributed by atoms with Crippen LogP contribution in [-0.2, 0) is 4.79 Å². The number of ether oxygens (including phenoxy) is 1. The minimum Gasteiger partial charge on any atom is -0.497 e. The van der Waals surface area contributed by atoms with Crippen LogP contribution in [0.25, 0.3) is 11.3 Å². The first-order valence-electron chi connectivity index (χ1n) is 10.3. The van der Waals surface area contributed by atoms with E-state index in [9.17, 15) is 4.79 Å². The molecule has 0 unspecified atom stereocenters. The second kappa shape index (κ2) is 6.87. The summed E-state index contributed by atoms with van der Waals surface area (Å²) < 4.78 is 7.29. The summed E-state index contributed by atoms with van der Waals surface area (Å²) in [5.74, 6) is 1.90. The van der Waals surface area contributed by atoms with Crippen molar-refractivity contribution in [1.82, 2.24) is 9.78 Å². The van der Waals surface area contributed by atoms with Gasteiger partial charge in [0.2, 0.25) is 0 Å². The van der Waals surface area contributed by atoms with Crippen molar-refractivity contribution in [2.45, 2.75) is 32.7 Å². The van der Waals surface area contributed by atoms with Crippen molar-refractivity contribution in [3.8, 4) is 17.0 Å². The Morgan fingerprint density at radius 3 is 2.50 bits per heavy atom. The van der Waals surface area contributed by atoms with Gasteiger partial charge >= 0.3 is 0 Å². The molecule has 0 saturated heterocycles. The van der Waals surface area contributed by atoms with E-state index in [1.165, 1.54) is 0 Å². The largest absolute Gasteiger partial charge is 0.497 e. The number of hydrogen-bond donors (Lipinski definition) is 1. The number of methoxy groups -OCH3 is 1. The Kier molecular flexibility index (Phi) is 4.28. The number of Topliss-reactive ketones (excluding diaryl/α,β-unsaturated/α-hetero) is 1. The van der Waals surface area contributed by atoms with Crippen LogP contribution in [0.15, 0.2) is 71.9 Å². The average molecular weight is 399 g/mol. The normalized spacial score (nSPS) is 19.7. The van der Waals surface area contributed by atoms with Gasteiger partial charge in [0, 0.05) is 29.3 Å². The zero-order chi connectivity index (χ0) is 20.9. The third-order valence-electron chi connectivity index (χ3n) is 5.95. The summed E-state index contributed by atoms with van der Waals surface area (Å²) in [7, 11) is 1.66. The first-order valence-corrected chi connectivity index (χ1v) is 10.3. The molecular weight excluding hydrogens is 374 g/mol. The number of carbonyl (C=O) groups excluding carboxylic acids is 1. The summed E-state index contributed by atoms with van der Waals surface area (Å²) in [6.45, 7) is 4.31. The van der Waals surface area contributed by atoms with Crippen molar-refractivity contribution < 1.29 is 9.53 Å². The number of nitrogens with zero attached hydrogens (tertiary/aromatic N) is 2. The molecule has 1 aromatic heterocycles. The minimum atomic E-state index is -0.247. The van der Waals surface area contributed by atoms with E-state index < -0.39 is 0 Å². The van der Waals surface area contributed by atoms with E-state index in [1.54, 1.807) is 7.11 Å². The van der Waals surface area contributed by atoms with Gasteiger partial charge in [-0.25, -0.2) is 4.68 Å². The fourth-order valence-corrected chi connectivity index (χ4v) is 4.57. The van der Waals surface area contributed by atoms with E-state index in [0.29, 0.717) is 6.42 Å². The zero-order valence-corrected chi connectivity index (χ0v) is 17.5. The number of fused-ring (bicyclic) bond motifs is 1. The third kappa shape index (κ3) is 3.11. The Labute approximate surface area is 176 Å². The van der Waals surface area contributed by atoms with E-state index in [2.05, 4.69) is 37.4 Å². The van der Waals surface area contributed by atoms with Gasteiger partial charge in [0.1, 0.15) is 17.6 Å². The van der Waals surface area contributed by atoms with Gasteiger partial charge in [-0.3, -0.25) is 4.79 Å². The number of ketones is 1. The summed E-state index contributed by atoms with van der Waals surface area (Å²) in [5.41, 5.74) is 4.76. The molecule has 1 aliphatic heterocycles. The zero-order valence-electron chi connectivity index (χ0n) is 17.5. The molecule has 2 aromatic carbocycles. The van der Waals surface area contributed by atoms with E-state index in [0.717, 1.165) is 46.1 Å². The molecule has 5 heteroatoms. The first-order chi connectivity index (χ1) is 14.4. The Morgan fingerprint density at radius 1 is 1.07 bits per heavy atom. The van der Waals surface area contributed by atoms with E-state index >= 15 is 0 Å². The third-order valence-corrected chi connectivity index (χ3v) is 5.95. The molecule has 2 heterocycles. The molecule has 5 nitrogen and oxygen atoms in total. The predicted molar refractivity (Wildman–Crippen MR) is 117 cm³/mol. The van der Waals surface area contributed by atoms with Crippen LogP contribution in [0, 0.1) is 5.41 Å². The van der Waals surface area contributed by atoms with Crippen molar-refractivity contribution in [2.24, 2.45) is 5.41 Å². The van der Waals surface area contributed by atoms with Gasteiger partial charge < -0.3 is 10.1 Å². The van der Waals surface area contributed by atoms with Crippen LogP contribution in [0.5, 0.6) is 5.75 Å². The molecule has 0 radical (unpaired) electrons. The maximum Gasteiger partial charge on any atom is 0.163 e. The Hall–Kier alpha value is -3.34. The second-order valence-corrected chi connectivity index (χ2v) is 8.86. The Balaban J connectivity index is 1.67. The van der Waals surface area contributed by atoms with Gasteiger partial charge in [0.15, 0.2) is 5.78 Å². The van der Waals surface area contributed by atoms with Crippen LogP contribution in [0.2, 0.25) is 0 Å². The highest BCUT2D eigenvalue weighted by Crippen LogP contribution is 2.46. The molecule has 1 aliphatic carbocycles. The molecule has 0 amide bonds. The highest BCUT2D eigenvalue weighted by Gasteiger charge is 2.41. The van der Waals surface area contributed by atoms with Crippen LogP contribution >= 0.6 is 0 Å². The van der Waals surface area contributed by atoms with Crippen molar-refractivity contribution >= 4 is 11.6 Å². The summed E-state index contributed by atoms with van der Waals surface area (Å²) in [6, 6.07) is 19.9. The highest BCUT2D eigenvalue weighted by atomic mass is 16.5. The fraction of sp³-hybridized carbons (Fsp3) is 0.280. The van der Waals surface area contributed by atoms with Crippen molar-refractivity contribution in [2.75, 3.05) is 12.4 Å². The molecule has 152 valence electrons. The van der Waals surface area contributed by atoms with Crippen molar-refractivity contribution in [3.05, 3.63) is 77.5 Å². The molecule has 0 spiro atoms. The molecule has 0 saturated carbocycles. The number of aromatic nitrogens is 2. The van der Waals surface area contributed by atoms with Gasteiger partial charge in [-0.05, 0) is 29.5 Å². The quantitative estimate of drug-likeness (QED) is 0.656. The number of benzene rings is 2. The second-order valence-electron chi connectivity index (χ2n) is 8.86. The molecule has 30 heavy (non-hydrogen) atoms. The van der Waals surface area contributed by atoms with Crippen LogP contribution in [0.4, 0.5) is 5.82 Å². The lowest BCUT2D eigenvalue weighted by molar-refractivity contribution is -0.118. The Bertz CT molecular complexity index is 1140. The molecule has 5 rings (SSSR count). The van der Waals surface area contributed by atoms with Crippen molar-refractivity contribution in [1.29, 1.82) is 0 Å². The highest BCUT2D eigenvalue weighted by molar-refractivity contribution is 6.00. The van der Waals surface area contributed by atoms with Crippen LogP contribution in [-0.4, -0.2) is 22.7 Å². The van der Waals surface area contributed by atoms with E-state index in [4.69, 9.17) is 9.84 Å². The number of hydrogen-bond acceptors (Lipinski definition) is 4. The molecule has 2 aliphatic rings. The number of rotatable bonds is 3. The standard InChI is InChI=1S/C25H25N3O2/c1-25(2)14-20-23(21(29)15-25)24(17-9-11-18(30-3)12-10-17)28-22(26-20)13-19(27-28)16-7-5-4-6-8-16/h4-13,24,26H,14-15H2,1-3H3/t24-/m0/s1. The van der Waals surface area contributed by atoms with Gasteiger partial charge in [0.25, 0.3) is 0 Å². The lowest BCUT2D eigenvalue weighted by Crippen LogP contribution is -2.36. The summed E-state index contributed by atoms with van der Waals surface area (Å²) in [4.78, 5) is 13.3. The average Bonchev–Trinajstić information content (AvgIpc) is 3.16. The minimum absolute atomic E-state index is 0.0577. The molecule has 0 fully saturated rings. The molecule has 1 atom stereocenters. The predicted octanol–water partition coefficient (Wildman–Crippen LogP) is 5.22. The smallest absolute Gasteiger partial charge is 0.163 e. The van der Waals surface area contributed by atoms with Gasteiger partial charge in [-0.2, -0.15) is 5.10 Å². The lowest BCUT2D eigenvalue weighted by atomic mass is 9.73. The number of allylic oxidation sites excluding steroid dienone is 2. The van der Waals surface area contributed by atoms with Crippen LogP contribution in [0.1, 0.15) is 38.3 Å². The Morgan fingerprint density at radius 2 is 1.80 bits per heavy atom. The summed E-state index contributed by atoms with van der Waals surface area (Å²) in [5, 5.41) is 8.45. The van der Waals surface area contributed by atoms with Gasteiger partial charge in [-0.1, -0.05) is 56.3 Å². The number of anilines is 1. The molecular formula is C25H25N3O2. The maximum absolute atomic E-state index is 13.3. The number of carbonyl (C=O) groups is 1. The van der Waals surface area contributed by atoms with Gasteiger partial charge in [0.05, 0.1) is 12.8 Å².